The van der Waals surface area contributed by atoms with Crippen molar-refractivity contribution in [3.63, 3.8) is 0 Å². The molecule has 0 N–H and O–H groups in total. The second-order valence-electron chi connectivity index (χ2n) is 22.8. The van der Waals surface area contributed by atoms with E-state index in [0.29, 0.717) is 47.4 Å². The van der Waals surface area contributed by atoms with Crippen LogP contribution in [0.1, 0.15) is 175 Å². The molecule has 2 aliphatic heterocycles. The van der Waals surface area contributed by atoms with Crippen molar-refractivity contribution in [1.29, 1.82) is 0 Å². The molecule has 0 spiro atoms. The SMILES string of the molecule is C[C@]12CC(CC3C[C@@]4(C)C(CC[C@@H]5[C@@H]4CC[C@]4(C)C(OC6CCCCO6)CC[C@@H]54)CC3=O)C(=O)CC1CC[C@@H]1[C@@H]2CC[C@]2(C)C(OC3CCCCO3)CC[C@@H]12. The Bertz CT molecular complexity index is 1340. The van der Waals surface area contributed by atoms with Crippen molar-refractivity contribution in [1.82, 2.24) is 0 Å². The van der Waals surface area contributed by atoms with E-state index in [1.54, 1.807) is 0 Å². The molecule has 18 atom stereocenters. The minimum atomic E-state index is -0.000537. The molecule has 8 unspecified atom stereocenters. The molecule has 0 amide bonds. The van der Waals surface area contributed by atoms with E-state index in [-0.39, 0.29) is 46.1 Å². The van der Waals surface area contributed by atoms with E-state index in [1.165, 1.54) is 103 Å². The van der Waals surface area contributed by atoms with E-state index in [2.05, 4.69) is 27.7 Å². The van der Waals surface area contributed by atoms with Gasteiger partial charge in [0.05, 0.1) is 12.2 Å². The first-order valence-electron chi connectivity index (χ1n) is 24.1. The quantitative estimate of drug-likeness (QED) is 0.268. The highest BCUT2D eigenvalue weighted by Gasteiger charge is 2.64. The van der Waals surface area contributed by atoms with Gasteiger partial charge in [-0.15, -0.1) is 0 Å². The van der Waals surface area contributed by atoms with E-state index >= 15 is 0 Å². The van der Waals surface area contributed by atoms with Crippen molar-refractivity contribution in [3.8, 4) is 0 Å². The topological polar surface area (TPSA) is 71.1 Å². The van der Waals surface area contributed by atoms with Gasteiger partial charge in [-0.25, -0.2) is 0 Å². The van der Waals surface area contributed by atoms with Crippen molar-refractivity contribution in [3.05, 3.63) is 0 Å². The molecule has 6 nitrogen and oxygen atoms in total. The van der Waals surface area contributed by atoms with Crippen molar-refractivity contribution >= 4 is 11.6 Å². The highest BCUT2D eigenvalue weighted by Crippen LogP contribution is 2.69. The van der Waals surface area contributed by atoms with Crippen LogP contribution in [-0.4, -0.2) is 49.6 Å². The summed E-state index contributed by atoms with van der Waals surface area (Å²) >= 11 is 0. The molecular weight excluding hydrogens is 685 g/mol. The van der Waals surface area contributed by atoms with Crippen molar-refractivity contribution in [2.75, 3.05) is 13.2 Å². The second-order valence-corrected chi connectivity index (χ2v) is 22.8. The number of hydrogen-bond acceptors (Lipinski definition) is 6. The van der Waals surface area contributed by atoms with Gasteiger partial charge in [-0.2, -0.15) is 0 Å². The van der Waals surface area contributed by atoms with E-state index in [1.807, 2.05) is 0 Å². The molecule has 55 heavy (non-hydrogen) atoms. The van der Waals surface area contributed by atoms with Gasteiger partial charge in [0.15, 0.2) is 12.6 Å². The van der Waals surface area contributed by atoms with Crippen molar-refractivity contribution in [2.45, 2.75) is 200 Å². The van der Waals surface area contributed by atoms with Crippen LogP contribution in [0.5, 0.6) is 0 Å². The largest absolute Gasteiger partial charge is 0.353 e. The maximum atomic E-state index is 14.2. The Morgan fingerprint density at radius 3 is 1.36 bits per heavy atom. The van der Waals surface area contributed by atoms with E-state index in [0.717, 1.165) is 81.8 Å². The molecule has 0 aromatic heterocycles. The summed E-state index contributed by atoms with van der Waals surface area (Å²) < 4.78 is 25.7. The molecule has 0 bridgehead atoms. The Balaban J connectivity index is 0.820. The summed E-state index contributed by atoms with van der Waals surface area (Å²) in [6.45, 7) is 12.0. The predicted molar refractivity (Wildman–Crippen MR) is 213 cm³/mol. The van der Waals surface area contributed by atoms with Crippen LogP contribution in [0.3, 0.4) is 0 Å². The zero-order valence-corrected chi connectivity index (χ0v) is 35.2. The first-order chi connectivity index (χ1) is 26.5. The minimum Gasteiger partial charge on any atom is -0.353 e. The molecular formula is C49H76O6. The summed E-state index contributed by atoms with van der Waals surface area (Å²) in [5.41, 5.74) is 0.929. The lowest BCUT2D eigenvalue weighted by Crippen LogP contribution is -2.57. The first kappa shape index (κ1) is 38.4. The average molecular weight is 761 g/mol. The van der Waals surface area contributed by atoms with Gasteiger partial charge in [0, 0.05) is 37.9 Å². The van der Waals surface area contributed by atoms with Gasteiger partial charge in [-0.3, -0.25) is 9.59 Å². The highest BCUT2D eigenvalue weighted by molar-refractivity contribution is 5.85. The summed E-state index contributed by atoms with van der Waals surface area (Å²) in [7, 11) is 0. The van der Waals surface area contributed by atoms with Crippen LogP contribution >= 0.6 is 0 Å². The lowest BCUT2D eigenvalue weighted by Gasteiger charge is -2.62. The van der Waals surface area contributed by atoms with Crippen LogP contribution in [0.15, 0.2) is 0 Å². The number of fused-ring (bicyclic) bond motifs is 10. The van der Waals surface area contributed by atoms with Crippen LogP contribution in [0, 0.1) is 80.8 Å². The summed E-state index contributed by atoms with van der Waals surface area (Å²) in [6, 6.07) is 0. The number of carbonyl (C=O) groups is 2. The lowest BCUT2D eigenvalue weighted by molar-refractivity contribution is -0.219. The number of carbonyl (C=O) groups excluding carboxylic acids is 2. The molecule has 2 saturated heterocycles. The number of hydrogen-bond donors (Lipinski definition) is 0. The van der Waals surface area contributed by atoms with Crippen molar-refractivity contribution in [2.24, 2.45) is 80.8 Å². The van der Waals surface area contributed by atoms with Crippen LogP contribution in [0.4, 0.5) is 0 Å². The number of ketones is 2. The fraction of sp³-hybridized carbons (Fsp3) is 0.959. The Labute approximate surface area is 333 Å². The van der Waals surface area contributed by atoms with Gasteiger partial charge < -0.3 is 18.9 Å². The van der Waals surface area contributed by atoms with E-state index < -0.39 is 0 Å². The molecule has 6 heteroatoms. The third kappa shape index (κ3) is 6.26. The molecule has 0 radical (unpaired) electrons. The smallest absolute Gasteiger partial charge is 0.157 e. The molecule has 308 valence electrons. The molecule has 10 fully saturated rings. The monoisotopic (exact) mass is 761 g/mol. The number of Topliss-reactive ketones (excluding diaryl/α,β-unsaturated/α-hetero) is 2. The molecule has 2 heterocycles. The third-order valence-electron chi connectivity index (χ3n) is 20.6. The summed E-state index contributed by atoms with van der Waals surface area (Å²) in [5, 5.41) is 0. The lowest BCUT2D eigenvalue weighted by atomic mass is 9.43. The molecule has 0 aromatic rings. The van der Waals surface area contributed by atoms with Crippen LogP contribution in [0.25, 0.3) is 0 Å². The number of ether oxygens (including phenoxy) is 4. The van der Waals surface area contributed by atoms with E-state index in [9.17, 15) is 9.59 Å². The Morgan fingerprint density at radius 2 is 0.945 bits per heavy atom. The molecule has 10 rings (SSSR count). The Hall–Kier alpha value is -0.820. The van der Waals surface area contributed by atoms with E-state index in [4.69, 9.17) is 18.9 Å². The second kappa shape index (κ2) is 14.4. The Kier molecular flexibility index (Phi) is 10.1. The molecule has 8 saturated carbocycles. The minimum absolute atomic E-state index is 0.000537. The highest BCUT2D eigenvalue weighted by atomic mass is 16.7. The summed E-state index contributed by atoms with van der Waals surface area (Å²) in [4.78, 5) is 28.3. The fourth-order valence-corrected chi connectivity index (χ4v) is 17.6. The summed E-state index contributed by atoms with van der Waals surface area (Å²) in [6.07, 6.45) is 27.0. The van der Waals surface area contributed by atoms with Crippen molar-refractivity contribution < 1.29 is 28.5 Å². The van der Waals surface area contributed by atoms with Gasteiger partial charge in [0.2, 0.25) is 0 Å². The van der Waals surface area contributed by atoms with Crippen LogP contribution in [0.2, 0.25) is 0 Å². The Morgan fingerprint density at radius 1 is 0.509 bits per heavy atom. The van der Waals surface area contributed by atoms with Crippen LogP contribution in [-0.2, 0) is 28.5 Å². The van der Waals surface area contributed by atoms with Gasteiger partial charge >= 0.3 is 0 Å². The zero-order chi connectivity index (χ0) is 37.7. The number of rotatable bonds is 6. The average Bonchev–Trinajstić information content (AvgIpc) is 3.69. The predicted octanol–water partition coefficient (Wildman–Crippen LogP) is 10.9. The van der Waals surface area contributed by atoms with Crippen LogP contribution < -0.4 is 0 Å². The maximum absolute atomic E-state index is 14.2. The maximum Gasteiger partial charge on any atom is 0.157 e. The van der Waals surface area contributed by atoms with Gasteiger partial charge in [-0.05, 0) is 204 Å². The van der Waals surface area contributed by atoms with Gasteiger partial charge in [0.1, 0.15) is 11.6 Å². The molecule has 10 aliphatic rings. The first-order valence-corrected chi connectivity index (χ1v) is 24.1. The third-order valence-corrected chi connectivity index (χ3v) is 20.6. The normalized spacial score (nSPS) is 55.1. The summed E-state index contributed by atoms with van der Waals surface area (Å²) in [5.74, 6) is 6.52. The van der Waals surface area contributed by atoms with Gasteiger partial charge in [0.25, 0.3) is 0 Å². The standard InChI is InChI=1S/C49H76O6/c1-46-21-19-38-34(36(46)15-17-42(46)54-44-9-5-7-23-52-44)13-11-32-26-40(50)30(28-48(32,38)3)25-31-29-49(4)33(27-41(31)51)12-14-35-37-16-18-43(47(37,2)22-20-39(35)49)55-45-10-6-8-24-53-45/h30-39,42-45H,5-29H2,1-4H3/t30?,31?,32?,33?,34-,35-,36-,37-,38-,39-,42?,43?,44?,45?,46-,47-,48-,49-/m0/s1. The van der Waals surface area contributed by atoms with Gasteiger partial charge in [-0.1, -0.05) is 27.7 Å². The molecule has 8 aliphatic carbocycles. The fourth-order valence-electron chi connectivity index (χ4n) is 17.6. The zero-order valence-electron chi connectivity index (χ0n) is 35.2. The molecule has 0 aromatic carbocycles.